The van der Waals surface area contributed by atoms with Crippen LogP contribution in [0.25, 0.3) is 0 Å². The number of hydrogen-bond donors (Lipinski definition) is 2. The third kappa shape index (κ3) is 3.93. The van der Waals surface area contributed by atoms with Crippen molar-refractivity contribution < 1.29 is 4.79 Å². The van der Waals surface area contributed by atoms with E-state index in [2.05, 4.69) is 34.3 Å². The lowest BCUT2D eigenvalue weighted by Crippen LogP contribution is -2.28. The third-order valence-corrected chi connectivity index (χ3v) is 4.05. The minimum absolute atomic E-state index is 0.0772. The summed E-state index contributed by atoms with van der Waals surface area (Å²) in [5.74, 6) is 0.517. The van der Waals surface area contributed by atoms with Crippen molar-refractivity contribution in [3.63, 3.8) is 0 Å². The molecule has 1 amide bonds. The zero-order valence-electron chi connectivity index (χ0n) is 13.7. The monoisotopic (exact) mass is 300 g/mol. The van der Waals surface area contributed by atoms with Gasteiger partial charge in [-0.15, -0.1) is 0 Å². The first-order chi connectivity index (χ1) is 10.5. The molecule has 118 valence electrons. The van der Waals surface area contributed by atoms with E-state index >= 15 is 0 Å². The maximum Gasteiger partial charge on any atom is 0.220 e. The van der Waals surface area contributed by atoms with Gasteiger partial charge in [0.05, 0.1) is 5.69 Å². The number of nitrogens with one attached hydrogen (secondary N) is 2. The van der Waals surface area contributed by atoms with Gasteiger partial charge in [0.1, 0.15) is 0 Å². The van der Waals surface area contributed by atoms with Crippen LogP contribution >= 0.6 is 0 Å². The lowest BCUT2D eigenvalue weighted by molar-refractivity contribution is -0.121. The molecule has 0 bridgehead atoms. The van der Waals surface area contributed by atoms with Gasteiger partial charge in [0.15, 0.2) is 0 Å². The number of hydrogen-bond acceptors (Lipinski definition) is 3. The van der Waals surface area contributed by atoms with Crippen LogP contribution in [-0.4, -0.2) is 27.6 Å². The molecule has 0 aromatic carbocycles. The summed E-state index contributed by atoms with van der Waals surface area (Å²) >= 11 is 0. The maximum atomic E-state index is 12.2. The summed E-state index contributed by atoms with van der Waals surface area (Å²) in [5.41, 5.74) is 4.35. The molecule has 5 heteroatoms. The van der Waals surface area contributed by atoms with E-state index < -0.39 is 0 Å². The number of carbonyl (C=O) groups is 1. The second-order valence-corrected chi connectivity index (χ2v) is 5.94. The number of nitrogens with zero attached hydrogens (tertiary/aromatic N) is 2. The molecule has 2 atom stereocenters. The van der Waals surface area contributed by atoms with Gasteiger partial charge in [0.25, 0.3) is 0 Å². The van der Waals surface area contributed by atoms with Crippen molar-refractivity contribution in [1.82, 2.24) is 20.5 Å². The van der Waals surface area contributed by atoms with Crippen LogP contribution in [-0.2, 0) is 4.79 Å². The Morgan fingerprint density at radius 1 is 1.23 bits per heavy atom. The van der Waals surface area contributed by atoms with Crippen LogP contribution < -0.4 is 5.32 Å². The van der Waals surface area contributed by atoms with Crippen LogP contribution in [0.3, 0.4) is 0 Å². The van der Waals surface area contributed by atoms with E-state index in [0.29, 0.717) is 13.0 Å². The Balaban J connectivity index is 1.86. The molecule has 2 unspecified atom stereocenters. The zero-order valence-corrected chi connectivity index (χ0v) is 13.7. The first-order valence-electron chi connectivity index (χ1n) is 7.67. The van der Waals surface area contributed by atoms with Gasteiger partial charge < -0.3 is 5.32 Å². The zero-order chi connectivity index (χ0) is 16.1. The standard InChI is InChI=1S/C17H24N4O/c1-11(17-13(3)20-21-14(17)4)9-16(22)19-10-12(2)15-5-7-18-8-6-15/h5-8,11-12H,9-10H2,1-4H3,(H,19,22)(H,20,21). The molecule has 2 N–H and O–H groups in total. The minimum atomic E-state index is 0.0772. The Hall–Kier alpha value is -2.17. The van der Waals surface area contributed by atoms with Crippen molar-refractivity contribution in [3.05, 3.63) is 47.0 Å². The fourth-order valence-electron chi connectivity index (χ4n) is 2.81. The highest BCUT2D eigenvalue weighted by molar-refractivity contribution is 5.77. The van der Waals surface area contributed by atoms with Crippen molar-refractivity contribution in [3.8, 4) is 0 Å². The fourth-order valence-corrected chi connectivity index (χ4v) is 2.81. The highest BCUT2D eigenvalue weighted by Gasteiger charge is 2.18. The average molecular weight is 300 g/mol. The van der Waals surface area contributed by atoms with Gasteiger partial charge in [0, 0.05) is 31.1 Å². The van der Waals surface area contributed by atoms with E-state index in [0.717, 1.165) is 17.0 Å². The van der Waals surface area contributed by atoms with Crippen LogP contribution in [0, 0.1) is 13.8 Å². The third-order valence-electron chi connectivity index (χ3n) is 4.05. The van der Waals surface area contributed by atoms with Gasteiger partial charge in [-0.2, -0.15) is 5.10 Å². The number of carbonyl (C=O) groups excluding carboxylic acids is 1. The second-order valence-electron chi connectivity index (χ2n) is 5.94. The van der Waals surface area contributed by atoms with Crippen LogP contribution in [0.15, 0.2) is 24.5 Å². The molecule has 0 radical (unpaired) electrons. The first kappa shape index (κ1) is 16.2. The molecule has 0 aliphatic heterocycles. The number of aryl methyl sites for hydroxylation is 2. The normalized spacial score (nSPS) is 13.6. The molecular weight excluding hydrogens is 276 g/mol. The Kier molecular flexibility index (Phi) is 5.31. The van der Waals surface area contributed by atoms with Gasteiger partial charge in [-0.25, -0.2) is 0 Å². The second kappa shape index (κ2) is 7.20. The highest BCUT2D eigenvalue weighted by Crippen LogP contribution is 2.24. The Labute approximate surface area is 131 Å². The number of rotatable bonds is 6. The number of pyridine rings is 1. The summed E-state index contributed by atoms with van der Waals surface area (Å²) in [6.45, 7) is 8.77. The van der Waals surface area contributed by atoms with Gasteiger partial charge in [-0.05, 0) is 48.9 Å². The van der Waals surface area contributed by atoms with Crippen molar-refractivity contribution in [2.75, 3.05) is 6.54 Å². The molecule has 0 saturated heterocycles. The van der Waals surface area contributed by atoms with E-state index in [1.54, 1.807) is 12.4 Å². The summed E-state index contributed by atoms with van der Waals surface area (Å²) in [7, 11) is 0. The summed E-state index contributed by atoms with van der Waals surface area (Å²) in [6.07, 6.45) is 4.03. The van der Waals surface area contributed by atoms with Crippen LogP contribution in [0.5, 0.6) is 0 Å². The Morgan fingerprint density at radius 3 is 2.50 bits per heavy atom. The van der Waals surface area contributed by atoms with Gasteiger partial charge >= 0.3 is 0 Å². The van der Waals surface area contributed by atoms with Gasteiger partial charge in [-0.3, -0.25) is 14.9 Å². The lowest BCUT2D eigenvalue weighted by Gasteiger charge is -2.15. The maximum absolute atomic E-state index is 12.2. The van der Waals surface area contributed by atoms with Crippen molar-refractivity contribution in [1.29, 1.82) is 0 Å². The van der Waals surface area contributed by atoms with E-state index in [-0.39, 0.29) is 17.7 Å². The average Bonchev–Trinajstić information content (AvgIpc) is 2.84. The predicted octanol–water partition coefficient (Wildman–Crippen LogP) is 2.84. The van der Waals surface area contributed by atoms with E-state index in [1.165, 1.54) is 5.56 Å². The number of aromatic amines is 1. The summed E-state index contributed by atoms with van der Waals surface area (Å²) in [5, 5.41) is 10.2. The molecule has 0 spiro atoms. The van der Waals surface area contributed by atoms with Crippen LogP contribution in [0.1, 0.15) is 54.6 Å². The quantitative estimate of drug-likeness (QED) is 0.861. The number of amides is 1. The van der Waals surface area contributed by atoms with E-state index in [9.17, 15) is 4.79 Å². The molecule has 2 heterocycles. The largest absolute Gasteiger partial charge is 0.355 e. The molecule has 2 rings (SSSR count). The van der Waals surface area contributed by atoms with Crippen molar-refractivity contribution in [2.24, 2.45) is 0 Å². The molecule has 0 fully saturated rings. The molecule has 0 saturated carbocycles. The number of aromatic nitrogens is 3. The summed E-state index contributed by atoms with van der Waals surface area (Å²) in [4.78, 5) is 16.2. The van der Waals surface area contributed by atoms with E-state index in [1.807, 2.05) is 26.0 Å². The highest BCUT2D eigenvalue weighted by atomic mass is 16.1. The van der Waals surface area contributed by atoms with E-state index in [4.69, 9.17) is 0 Å². The molecule has 22 heavy (non-hydrogen) atoms. The SMILES string of the molecule is Cc1n[nH]c(C)c1C(C)CC(=O)NCC(C)c1ccncc1. The molecule has 2 aromatic heterocycles. The molecule has 5 nitrogen and oxygen atoms in total. The molecule has 2 aromatic rings. The molecular formula is C17H24N4O. The minimum Gasteiger partial charge on any atom is -0.355 e. The van der Waals surface area contributed by atoms with Crippen LogP contribution in [0.4, 0.5) is 0 Å². The predicted molar refractivity (Wildman–Crippen MR) is 86.8 cm³/mol. The molecule has 0 aliphatic carbocycles. The summed E-state index contributed by atoms with van der Waals surface area (Å²) < 4.78 is 0. The Morgan fingerprint density at radius 2 is 1.91 bits per heavy atom. The fraction of sp³-hybridized carbons (Fsp3) is 0.471. The lowest BCUT2D eigenvalue weighted by atomic mass is 9.95. The smallest absolute Gasteiger partial charge is 0.220 e. The van der Waals surface area contributed by atoms with Crippen molar-refractivity contribution >= 4 is 5.91 Å². The van der Waals surface area contributed by atoms with Gasteiger partial charge in [0.2, 0.25) is 5.91 Å². The summed E-state index contributed by atoms with van der Waals surface area (Å²) in [6, 6.07) is 3.97. The Bertz CT molecular complexity index is 601. The van der Waals surface area contributed by atoms with Crippen LogP contribution in [0.2, 0.25) is 0 Å². The van der Waals surface area contributed by atoms with Gasteiger partial charge in [-0.1, -0.05) is 13.8 Å². The first-order valence-corrected chi connectivity index (χ1v) is 7.67. The topological polar surface area (TPSA) is 70.7 Å². The molecule has 0 aliphatic rings. The van der Waals surface area contributed by atoms with Crippen molar-refractivity contribution in [2.45, 2.75) is 46.0 Å². The number of H-pyrrole nitrogens is 1.